The number of hydrogen-bond acceptors (Lipinski definition) is 4. The maximum absolute atomic E-state index is 13.7. The van der Waals surface area contributed by atoms with Crippen molar-refractivity contribution in [3.63, 3.8) is 0 Å². The number of nitro benzene ring substituents is 1. The molecule has 0 amide bonds. The minimum Gasteiger partial charge on any atom is -0.393 e. The quantitative estimate of drug-likeness (QED) is 0.512. The number of nitrogens with zero attached hydrogens (tertiary/aromatic N) is 1. The van der Waals surface area contributed by atoms with E-state index >= 15 is 0 Å². The molecule has 5 nitrogen and oxygen atoms in total. The highest BCUT2D eigenvalue weighted by Crippen LogP contribution is 2.28. The van der Waals surface area contributed by atoms with Crippen molar-refractivity contribution < 1.29 is 13.7 Å². The number of rotatable bonds is 3. The average molecular weight is 279 g/mol. The van der Waals surface area contributed by atoms with Crippen LogP contribution in [-0.4, -0.2) is 4.92 Å². The lowest BCUT2D eigenvalue weighted by Crippen LogP contribution is -1.99. The van der Waals surface area contributed by atoms with E-state index in [9.17, 15) is 18.9 Å². The van der Waals surface area contributed by atoms with Gasteiger partial charge in [-0.3, -0.25) is 10.1 Å². The molecule has 0 unspecified atom stereocenters. The molecule has 2 aromatic carbocycles. The van der Waals surface area contributed by atoms with Gasteiger partial charge < -0.3 is 11.1 Å². The van der Waals surface area contributed by atoms with Crippen LogP contribution in [0.5, 0.6) is 0 Å². The molecule has 0 heterocycles. The van der Waals surface area contributed by atoms with Gasteiger partial charge in [-0.2, -0.15) is 0 Å². The van der Waals surface area contributed by atoms with Crippen LogP contribution >= 0.6 is 0 Å². The number of halogens is 2. The summed E-state index contributed by atoms with van der Waals surface area (Å²) in [6.07, 6.45) is 0. The Kier molecular flexibility index (Phi) is 3.51. The largest absolute Gasteiger partial charge is 0.393 e. The standard InChI is InChI=1S/C13H11F2N3O2/c1-7-4-10(15)12(6-9(7)14)17-8-2-3-13(18(19)20)11(16)5-8/h2-6,17H,16H2,1H3. The van der Waals surface area contributed by atoms with Crippen LogP contribution in [0.4, 0.5) is 31.5 Å². The molecule has 0 saturated carbocycles. The van der Waals surface area contributed by atoms with Crippen molar-refractivity contribution in [2.75, 3.05) is 11.1 Å². The molecule has 0 aliphatic rings. The van der Waals surface area contributed by atoms with Gasteiger partial charge in [0.1, 0.15) is 17.3 Å². The van der Waals surface area contributed by atoms with Gasteiger partial charge in [0, 0.05) is 17.8 Å². The van der Waals surface area contributed by atoms with E-state index in [1.165, 1.54) is 25.1 Å². The maximum atomic E-state index is 13.7. The molecular weight excluding hydrogens is 268 g/mol. The molecule has 0 spiro atoms. The van der Waals surface area contributed by atoms with Crippen LogP contribution in [0, 0.1) is 28.7 Å². The second kappa shape index (κ2) is 5.12. The molecular formula is C13H11F2N3O2. The van der Waals surface area contributed by atoms with Gasteiger partial charge in [-0.1, -0.05) is 0 Å². The Morgan fingerprint density at radius 2 is 1.90 bits per heavy atom. The van der Waals surface area contributed by atoms with Gasteiger partial charge in [-0.15, -0.1) is 0 Å². The SMILES string of the molecule is Cc1cc(F)c(Nc2ccc([N+](=O)[O-])c(N)c2)cc1F. The lowest BCUT2D eigenvalue weighted by molar-refractivity contribution is -0.383. The fraction of sp³-hybridized carbons (Fsp3) is 0.0769. The Bertz CT molecular complexity index is 690. The van der Waals surface area contributed by atoms with Gasteiger partial charge in [0.15, 0.2) is 0 Å². The highest BCUT2D eigenvalue weighted by atomic mass is 19.1. The topological polar surface area (TPSA) is 81.2 Å². The van der Waals surface area contributed by atoms with Crippen LogP contribution in [0.2, 0.25) is 0 Å². The smallest absolute Gasteiger partial charge is 0.292 e. The molecule has 20 heavy (non-hydrogen) atoms. The summed E-state index contributed by atoms with van der Waals surface area (Å²) in [5.74, 6) is -1.18. The van der Waals surface area contributed by atoms with Crippen LogP contribution < -0.4 is 11.1 Å². The number of anilines is 3. The predicted octanol–water partition coefficient (Wildman–Crippen LogP) is 3.51. The van der Waals surface area contributed by atoms with Crippen molar-refractivity contribution >= 4 is 22.7 Å². The first-order chi connectivity index (χ1) is 9.38. The summed E-state index contributed by atoms with van der Waals surface area (Å²) in [5.41, 5.74) is 5.66. The normalized spacial score (nSPS) is 10.3. The third kappa shape index (κ3) is 2.66. The summed E-state index contributed by atoms with van der Waals surface area (Å²) < 4.78 is 27.0. The molecule has 0 bridgehead atoms. The fourth-order valence-corrected chi connectivity index (χ4v) is 1.70. The van der Waals surface area contributed by atoms with Crippen molar-refractivity contribution in [1.82, 2.24) is 0 Å². The minimum atomic E-state index is -0.624. The van der Waals surface area contributed by atoms with Gasteiger partial charge in [-0.25, -0.2) is 8.78 Å². The van der Waals surface area contributed by atoms with Gasteiger partial charge >= 0.3 is 0 Å². The van der Waals surface area contributed by atoms with Gasteiger partial charge in [-0.05, 0) is 30.7 Å². The zero-order chi connectivity index (χ0) is 14.9. The lowest BCUT2D eigenvalue weighted by atomic mass is 10.2. The number of nitrogen functional groups attached to an aromatic ring is 1. The third-order valence-electron chi connectivity index (χ3n) is 2.75. The van der Waals surface area contributed by atoms with E-state index in [2.05, 4.69) is 5.32 Å². The Morgan fingerprint density at radius 1 is 1.20 bits per heavy atom. The van der Waals surface area contributed by atoms with Crippen LogP contribution in [0.3, 0.4) is 0 Å². The number of nitrogens with one attached hydrogen (secondary N) is 1. The molecule has 0 atom stereocenters. The summed E-state index contributed by atoms with van der Waals surface area (Å²) in [7, 11) is 0. The molecule has 0 aliphatic carbocycles. The van der Waals surface area contributed by atoms with Gasteiger partial charge in [0.25, 0.3) is 5.69 Å². The monoisotopic (exact) mass is 279 g/mol. The van der Waals surface area contributed by atoms with Crippen molar-refractivity contribution in [1.29, 1.82) is 0 Å². The van der Waals surface area contributed by atoms with E-state index in [0.29, 0.717) is 5.69 Å². The van der Waals surface area contributed by atoms with Crippen LogP contribution in [0.15, 0.2) is 30.3 Å². The second-order valence-corrected chi connectivity index (χ2v) is 4.24. The molecule has 0 radical (unpaired) electrons. The molecule has 3 N–H and O–H groups in total. The summed E-state index contributed by atoms with van der Waals surface area (Å²) in [6.45, 7) is 1.45. The highest BCUT2D eigenvalue weighted by molar-refractivity contribution is 5.70. The van der Waals surface area contributed by atoms with Crippen molar-refractivity contribution in [3.8, 4) is 0 Å². The predicted molar refractivity (Wildman–Crippen MR) is 71.9 cm³/mol. The first-order valence-corrected chi connectivity index (χ1v) is 5.65. The van der Waals surface area contributed by atoms with E-state index in [1.807, 2.05) is 0 Å². The summed E-state index contributed by atoms with van der Waals surface area (Å²) in [5, 5.41) is 13.3. The molecule has 0 aromatic heterocycles. The van der Waals surface area contributed by atoms with E-state index in [4.69, 9.17) is 5.73 Å². The summed E-state index contributed by atoms with van der Waals surface area (Å²) >= 11 is 0. The van der Waals surface area contributed by atoms with E-state index < -0.39 is 16.6 Å². The molecule has 0 saturated heterocycles. The van der Waals surface area contributed by atoms with Crippen LogP contribution in [0.1, 0.15) is 5.56 Å². The number of hydrogen-bond donors (Lipinski definition) is 2. The molecule has 0 aliphatic heterocycles. The van der Waals surface area contributed by atoms with Crippen molar-refractivity contribution in [3.05, 3.63) is 57.6 Å². The lowest BCUT2D eigenvalue weighted by Gasteiger charge is -2.09. The molecule has 0 fully saturated rings. The van der Waals surface area contributed by atoms with Gasteiger partial charge in [0.2, 0.25) is 0 Å². The maximum Gasteiger partial charge on any atom is 0.292 e. The minimum absolute atomic E-state index is 0.0620. The zero-order valence-electron chi connectivity index (χ0n) is 10.5. The zero-order valence-corrected chi connectivity index (χ0v) is 10.5. The Balaban J connectivity index is 2.33. The number of aryl methyl sites for hydroxylation is 1. The number of benzene rings is 2. The van der Waals surface area contributed by atoms with Crippen LogP contribution in [0.25, 0.3) is 0 Å². The molecule has 104 valence electrons. The summed E-state index contributed by atoms with van der Waals surface area (Å²) in [4.78, 5) is 10.0. The molecule has 2 rings (SSSR count). The number of nitro groups is 1. The highest BCUT2D eigenvalue weighted by Gasteiger charge is 2.12. The molecule has 2 aromatic rings. The third-order valence-corrected chi connectivity index (χ3v) is 2.75. The second-order valence-electron chi connectivity index (χ2n) is 4.24. The van der Waals surface area contributed by atoms with Gasteiger partial charge in [0.05, 0.1) is 10.6 Å². The Hall–Kier alpha value is -2.70. The van der Waals surface area contributed by atoms with Crippen LogP contribution in [-0.2, 0) is 0 Å². The van der Waals surface area contributed by atoms with Crippen molar-refractivity contribution in [2.45, 2.75) is 6.92 Å². The van der Waals surface area contributed by atoms with Crippen molar-refractivity contribution in [2.24, 2.45) is 0 Å². The van der Waals surface area contributed by atoms with E-state index in [-0.39, 0.29) is 22.6 Å². The average Bonchev–Trinajstić information content (AvgIpc) is 2.35. The number of nitrogens with two attached hydrogens (primary N) is 1. The molecule has 7 heteroatoms. The first-order valence-electron chi connectivity index (χ1n) is 5.65. The fourth-order valence-electron chi connectivity index (χ4n) is 1.70. The Morgan fingerprint density at radius 3 is 2.50 bits per heavy atom. The summed E-state index contributed by atoms with van der Waals surface area (Å²) in [6, 6.07) is 5.93. The van der Waals surface area contributed by atoms with E-state index in [0.717, 1.165) is 12.1 Å². The van der Waals surface area contributed by atoms with E-state index in [1.54, 1.807) is 0 Å². The first kappa shape index (κ1) is 13.7. The Labute approximate surface area is 113 Å².